The fraction of sp³-hybridized carbons (Fsp3) is 0.120. The molecule has 0 unspecified atom stereocenters. The Bertz CT molecular complexity index is 5360. The topological polar surface area (TPSA) is 35.9 Å². The summed E-state index contributed by atoms with van der Waals surface area (Å²) >= 11 is 0. The molecular formula is C75H62N4O. The van der Waals surface area contributed by atoms with E-state index in [9.17, 15) is 2.74 Å². The van der Waals surface area contributed by atoms with Crippen molar-refractivity contribution in [1.82, 2.24) is 14.1 Å². The van der Waals surface area contributed by atoms with E-state index >= 15 is 0 Å². The highest BCUT2D eigenvalue weighted by atomic mass is 16.5. The minimum absolute atomic E-state index is 0.00416. The highest BCUT2D eigenvalue weighted by Gasteiger charge is 2.25. The average Bonchev–Trinajstić information content (AvgIpc) is 1.42. The zero-order valence-corrected chi connectivity index (χ0v) is 44.7. The summed E-state index contributed by atoms with van der Waals surface area (Å²) in [5, 5.41) is 1.56. The van der Waals surface area contributed by atoms with E-state index in [0.29, 0.717) is 67.2 Å². The third kappa shape index (κ3) is 9.35. The van der Waals surface area contributed by atoms with E-state index in [0.717, 1.165) is 33.0 Å². The summed E-state index contributed by atoms with van der Waals surface area (Å²) in [6, 6.07) is 39.0. The van der Waals surface area contributed by atoms with Crippen LogP contribution in [0.2, 0.25) is 0 Å². The van der Waals surface area contributed by atoms with Crippen LogP contribution in [0.1, 0.15) is 82.9 Å². The quantitative estimate of drug-likeness (QED) is 0.101. The molecule has 0 saturated heterocycles. The van der Waals surface area contributed by atoms with Gasteiger partial charge in [0, 0.05) is 32.7 Å². The Morgan fingerprint density at radius 1 is 0.475 bits per heavy atom. The molecule has 0 aliphatic heterocycles. The second-order valence-corrected chi connectivity index (χ2v) is 21.8. The Hall–Kier alpha value is -9.58. The lowest BCUT2D eigenvalue weighted by molar-refractivity contribution is -0.571. The molecule has 3 aromatic heterocycles. The summed E-state index contributed by atoms with van der Waals surface area (Å²) in [7, 11) is 0. The Balaban J connectivity index is 1.04. The number of hydrogen-bond acceptors (Lipinski definition) is 2. The van der Waals surface area contributed by atoms with Crippen LogP contribution in [0.25, 0.3) is 106 Å². The minimum atomic E-state index is -2.83. The molecule has 13 rings (SSSR count). The van der Waals surface area contributed by atoms with Crippen LogP contribution in [0.4, 0.5) is 0 Å². The van der Waals surface area contributed by atoms with Crippen LogP contribution in [-0.2, 0) is 10.8 Å². The van der Waals surface area contributed by atoms with Crippen molar-refractivity contribution < 1.29 is 34.0 Å². The highest BCUT2D eigenvalue weighted by Crippen LogP contribution is 2.42. The second-order valence-electron chi connectivity index (χ2n) is 21.8. The zero-order chi connectivity index (χ0) is 70.3. The van der Waals surface area contributed by atoms with Gasteiger partial charge in [-0.15, -0.1) is 0 Å². The predicted octanol–water partition coefficient (Wildman–Crippen LogP) is 19.2. The standard InChI is InChI=1S/C75H62N4O/c1-50-40-72(76-48-67(50)53-26-15-10-16-27-53)79-68-35-18-17-34-63(68)64-38-37-62(47-70(64)79)80-61-33-21-32-60(46-61)77-49-78(69-39-36-54(45-71(69)77)51-22-11-8-12-23-51)73-65(55-28-19-30-58(41-55)74(2,3)4)43-57(52-24-13-9-14-25-52)44-66(73)56-29-20-31-59(42-56)75(5,6)7/h8-48H,1-7H3/i1D3,8D,9D,10D,11D,12D,13D,14D,15D,16D,22D,23D,24D,25D,26D,27D. The van der Waals surface area contributed by atoms with Crippen molar-refractivity contribution in [2.75, 3.05) is 0 Å². The first-order valence-electron chi connectivity index (χ1n) is 35.2. The number of benzene rings is 10. The van der Waals surface area contributed by atoms with Gasteiger partial charge in [0.25, 0.3) is 6.33 Å². The maximum absolute atomic E-state index is 9.31. The number of nitrogens with zero attached hydrogens (tertiary/aromatic N) is 4. The molecule has 0 bridgehead atoms. The summed E-state index contributed by atoms with van der Waals surface area (Å²) in [4.78, 5) is 4.74. The molecule has 80 heavy (non-hydrogen) atoms. The van der Waals surface area contributed by atoms with E-state index in [2.05, 4.69) is 60.0 Å². The van der Waals surface area contributed by atoms with Gasteiger partial charge >= 0.3 is 0 Å². The summed E-state index contributed by atoms with van der Waals surface area (Å²) in [6.07, 6.45) is 4.93. The Morgan fingerprint density at radius 2 is 1.07 bits per heavy atom. The fourth-order valence-corrected chi connectivity index (χ4v) is 10.4. The van der Waals surface area contributed by atoms with Crippen LogP contribution in [0.3, 0.4) is 0 Å². The first-order valence-corrected chi connectivity index (χ1v) is 26.2. The fourth-order valence-electron chi connectivity index (χ4n) is 10.4. The molecule has 0 fully saturated rings. The van der Waals surface area contributed by atoms with E-state index in [1.54, 1.807) is 57.7 Å². The third-order valence-electron chi connectivity index (χ3n) is 14.5. The lowest BCUT2D eigenvalue weighted by atomic mass is 9.83. The lowest BCUT2D eigenvalue weighted by Gasteiger charge is -2.24. The maximum atomic E-state index is 9.31. The molecule has 0 amide bonds. The molecule has 0 radical (unpaired) electrons. The minimum Gasteiger partial charge on any atom is -0.458 e. The number of hydrogen-bond donors (Lipinski definition) is 0. The molecule has 10 aromatic carbocycles. The molecule has 0 spiro atoms. The van der Waals surface area contributed by atoms with Gasteiger partial charge in [0.05, 0.1) is 54.0 Å². The van der Waals surface area contributed by atoms with Crippen LogP contribution < -0.4 is 9.30 Å². The molecule has 0 aliphatic carbocycles. The van der Waals surface area contributed by atoms with Gasteiger partial charge in [0.15, 0.2) is 0 Å². The van der Waals surface area contributed by atoms with Gasteiger partial charge in [-0.05, 0) is 145 Å². The molecule has 0 atom stereocenters. The smallest absolute Gasteiger partial charge is 0.269 e. The van der Waals surface area contributed by atoms with Gasteiger partial charge in [0.2, 0.25) is 0 Å². The summed E-state index contributed by atoms with van der Waals surface area (Å²) in [5.41, 5.74) is 7.23. The van der Waals surface area contributed by atoms with Crippen LogP contribution in [0.5, 0.6) is 11.5 Å². The Labute approximate surface area is 494 Å². The second kappa shape index (κ2) is 20.0. The maximum Gasteiger partial charge on any atom is 0.269 e. The number of ether oxygens (including phenoxy) is 1. The van der Waals surface area contributed by atoms with Gasteiger partial charge in [-0.25, -0.2) is 4.98 Å². The number of rotatable bonds is 10. The molecule has 0 saturated carbocycles. The largest absolute Gasteiger partial charge is 0.458 e. The van der Waals surface area contributed by atoms with Crippen molar-refractivity contribution >= 4 is 32.8 Å². The average molecular weight is 1050 g/mol. The lowest BCUT2D eigenvalue weighted by Crippen LogP contribution is -2.31. The number of para-hydroxylation sites is 1. The third-order valence-corrected chi connectivity index (χ3v) is 14.5. The Morgan fingerprint density at radius 3 is 1.73 bits per heavy atom. The van der Waals surface area contributed by atoms with Crippen molar-refractivity contribution in [2.24, 2.45) is 0 Å². The van der Waals surface area contributed by atoms with Gasteiger partial charge in [-0.3, -0.25) is 13.7 Å². The summed E-state index contributed by atoms with van der Waals surface area (Å²) in [6.45, 7) is 9.81. The molecular weight excluding hydrogens is 973 g/mol. The number of fused-ring (bicyclic) bond motifs is 4. The Kier molecular flexibility index (Phi) is 8.42. The zero-order valence-electron chi connectivity index (χ0n) is 62.7. The number of aryl methyl sites for hydroxylation is 1. The number of pyridine rings is 1. The van der Waals surface area contributed by atoms with Crippen LogP contribution >= 0.6 is 0 Å². The molecule has 13 aromatic rings. The van der Waals surface area contributed by atoms with E-state index in [1.165, 1.54) is 12.3 Å². The van der Waals surface area contributed by atoms with E-state index in [4.69, 9.17) is 31.7 Å². The van der Waals surface area contributed by atoms with Crippen LogP contribution in [0.15, 0.2) is 248 Å². The van der Waals surface area contributed by atoms with Crippen molar-refractivity contribution in [3.8, 4) is 84.3 Å². The van der Waals surface area contributed by atoms with Crippen LogP contribution in [-0.4, -0.2) is 14.1 Å². The SMILES string of the molecule is [2H]c1c([2H])c([2H])c(-c2cc(-c3cccc(C(C)(C)C)c3)c(-[n+]3[c-]n(-c4cccc(Oc5ccc6c7ccccc7n(-c7cc(C([2H])([2H])[2H])c(-c8c([2H])c([2H])c([2H])c([2H])c8[2H])cn7)c6c5)c4)c4cc(-c5c([2H])c([2H])c([2H])c([2H])c5[2H])ccc43)c(-c3cccc(C(C)(C)C)c3)c2)c([2H])c1[2H]. The molecule has 388 valence electrons. The molecule has 0 aliphatic rings. The van der Waals surface area contributed by atoms with E-state index in [-0.39, 0.29) is 56.5 Å². The predicted molar refractivity (Wildman–Crippen MR) is 332 cm³/mol. The molecule has 5 nitrogen and oxygen atoms in total. The van der Waals surface area contributed by atoms with Crippen molar-refractivity contribution in [3.63, 3.8) is 0 Å². The molecule has 5 heteroatoms. The van der Waals surface area contributed by atoms with Gasteiger partial charge in [-0.2, -0.15) is 0 Å². The number of imidazole rings is 1. The highest BCUT2D eigenvalue weighted by molar-refractivity contribution is 6.09. The number of aromatic nitrogens is 4. The summed E-state index contributed by atoms with van der Waals surface area (Å²) in [5.74, 6) is 0.873. The van der Waals surface area contributed by atoms with E-state index in [1.807, 2.05) is 89.5 Å². The van der Waals surface area contributed by atoms with Gasteiger partial charge < -0.3 is 4.74 Å². The van der Waals surface area contributed by atoms with E-state index < -0.39 is 85.4 Å². The summed E-state index contributed by atoms with van der Waals surface area (Å²) < 4.78 is 170. The first-order chi connectivity index (χ1) is 46.2. The van der Waals surface area contributed by atoms with Crippen molar-refractivity contribution in [2.45, 2.75) is 59.2 Å². The van der Waals surface area contributed by atoms with Crippen molar-refractivity contribution in [1.29, 1.82) is 0 Å². The first kappa shape index (κ1) is 33.7. The van der Waals surface area contributed by atoms with Gasteiger partial charge in [-0.1, -0.05) is 217 Å². The van der Waals surface area contributed by atoms with Crippen molar-refractivity contribution in [3.05, 3.63) is 272 Å². The molecule has 0 N–H and O–H groups in total. The van der Waals surface area contributed by atoms with Gasteiger partial charge in [0.1, 0.15) is 17.3 Å². The van der Waals surface area contributed by atoms with Crippen LogP contribution in [0, 0.1) is 13.2 Å². The normalized spacial score (nSPS) is 15.3. The molecule has 3 heterocycles. The monoisotopic (exact) mass is 1050 g/mol.